The maximum Gasteiger partial charge on any atom is 0.328 e. The van der Waals surface area contributed by atoms with Gasteiger partial charge in [0.25, 0.3) is 5.91 Å². The van der Waals surface area contributed by atoms with Gasteiger partial charge in [0, 0.05) is 12.5 Å². The normalized spacial score (nSPS) is 30.0. The highest BCUT2D eigenvalue weighted by Crippen LogP contribution is 2.43. The molecule has 4 rings (SSSR count). The Morgan fingerprint density at radius 2 is 2.13 bits per heavy atom. The fourth-order valence-corrected chi connectivity index (χ4v) is 4.42. The predicted molar refractivity (Wildman–Crippen MR) is 82.4 cm³/mol. The van der Waals surface area contributed by atoms with Crippen molar-refractivity contribution in [1.82, 2.24) is 14.8 Å². The first-order chi connectivity index (χ1) is 11.2. The van der Waals surface area contributed by atoms with Gasteiger partial charge < -0.3 is 9.32 Å². The van der Waals surface area contributed by atoms with Crippen molar-refractivity contribution in [2.24, 2.45) is 5.92 Å². The Bertz CT molecular complexity index is 626. The molecule has 0 aromatic carbocycles. The second-order valence-corrected chi connectivity index (χ2v) is 6.95. The average Bonchev–Trinajstić information content (AvgIpc) is 3.20. The molecule has 2 aliphatic heterocycles. The van der Waals surface area contributed by atoms with E-state index in [0.717, 1.165) is 38.5 Å². The van der Waals surface area contributed by atoms with Crippen LogP contribution in [0.3, 0.4) is 0 Å². The summed E-state index contributed by atoms with van der Waals surface area (Å²) in [6, 6.07) is -0.114. The molecule has 124 valence electrons. The minimum absolute atomic E-state index is 0.0576. The fraction of sp³-hybridized carbons (Fsp3) is 0.706. The van der Waals surface area contributed by atoms with Crippen LogP contribution in [0.4, 0.5) is 4.79 Å². The van der Waals surface area contributed by atoms with Crippen LogP contribution in [0.5, 0.6) is 0 Å². The topological polar surface area (TPSA) is 66.7 Å². The monoisotopic (exact) mass is 317 g/mol. The quantitative estimate of drug-likeness (QED) is 0.801. The number of rotatable bonds is 4. The zero-order valence-corrected chi connectivity index (χ0v) is 13.5. The van der Waals surface area contributed by atoms with Crippen LogP contribution < -0.4 is 0 Å². The molecule has 1 saturated carbocycles. The number of hydrogen-bond donors (Lipinski definition) is 0. The first kappa shape index (κ1) is 14.7. The Morgan fingerprint density at radius 1 is 1.30 bits per heavy atom. The van der Waals surface area contributed by atoms with Gasteiger partial charge in [0.05, 0.1) is 12.7 Å². The molecule has 3 amide bonds. The number of hydrogen-bond acceptors (Lipinski definition) is 4. The summed E-state index contributed by atoms with van der Waals surface area (Å²) in [5.41, 5.74) is 0. The van der Waals surface area contributed by atoms with E-state index in [1.165, 1.54) is 11.3 Å². The fourth-order valence-electron chi connectivity index (χ4n) is 4.42. The van der Waals surface area contributed by atoms with Crippen LogP contribution in [0.15, 0.2) is 10.6 Å². The maximum absolute atomic E-state index is 12.8. The van der Waals surface area contributed by atoms with Crippen molar-refractivity contribution in [3.05, 3.63) is 17.8 Å². The molecule has 1 aliphatic carbocycles. The molecule has 3 fully saturated rings. The summed E-state index contributed by atoms with van der Waals surface area (Å²) in [7, 11) is 0. The Balaban J connectivity index is 1.50. The number of fused-ring (bicyclic) bond motifs is 3. The van der Waals surface area contributed by atoms with E-state index in [4.69, 9.17) is 4.42 Å². The number of carbonyl (C=O) groups is 2. The van der Waals surface area contributed by atoms with E-state index >= 15 is 0 Å². The number of oxazole rings is 1. The van der Waals surface area contributed by atoms with E-state index < -0.39 is 0 Å². The van der Waals surface area contributed by atoms with E-state index in [2.05, 4.69) is 11.9 Å². The Labute approximate surface area is 135 Å². The number of nitrogens with zero attached hydrogens (tertiary/aromatic N) is 3. The molecule has 0 bridgehead atoms. The van der Waals surface area contributed by atoms with Crippen LogP contribution in [0.25, 0.3) is 0 Å². The lowest BCUT2D eigenvalue weighted by atomic mass is 9.84. The van der Waals surface area contributed by atoms with E-state index in [0.29, 0.717) is 17.6 Å². The molecule has 3 heterocycles. The summed E-state index contributed by atoms with van der Waals surface area (Å²) in [5.74, 6) is 1.73. The third kappa shape index (κ3) is 2.35. The van der Waals surface area contributed by atoms with Gasteiger partial charge in [-0.1, -0.05) is 19.8 Å². The predicted octanol–water partition coefficient (Wildman–Crippen LogP) is 2.72. The summed E-state index contributed by atoms with van der Waals surface area (Å²) in [6.45, 7) is 2.27. The molecule has 3 unspecified atom stereocenters. The van der Waals surface area contributed by atoms with Crippen molar-refractivity contribution < 1.29 is 14.0 Å². The number of aromatic nitrogens is 1. The lowest BCUT2D eigenvalue weighted by molar-refractivity contribution is -0.128. The standard InChI is InChI=1S/C17H23N3O3/c1-2-5-15-18-9-12(23-15)10-19-16(21)14-8-11-6-3-4-7-13(11)20(14)17(19)22/h9,11,13-14H,2-8,10H2,1H3. The molecule has 3 aliphatic rings. The van der Waals surface area contributed by atoms with Gasteiger partial charge in [0.2, 0.25) is 0 Å². The lowest BCUT2D eigenvalue weighted by Gasteiger charge is -2.30. The van der Waals surface area contributed by atoms with Gasteiger partial charge in [-0.25, -0.2) is 9.78 Å². The lowest BCUT2D eigenvalue weighted by Crippen LogP contribution is -2.41. The smallest absolute Gasteiger partial charge is 0.328 e. The Hall–Kier alpha value is -1.85. The highest BCUT2D eigenvalue weighted by atomic mass is 16.4. The Kier molecular flexibility index (Phi) is 3.62. The number of carbonyl (C=O) groups excluding carboxylic acids is 2. The molecule has 1 aromatic rings. The van der Waals surface area contributed by atoms with E-state index in [9.17, 15) is 9.59 Å². The molecule has 3 atom stereocenters. The number of amides is 3. The molecular weight excluding hydrogens is 294 g/mol. The number of aryl methyl sites for hydroxylation is 1. The largest absolute Gasteiger partial charge is 0.444 e. The van der Waals surface area contributed by atoms with Crippen LogP contribution in [-0.4, -0.2) is 38.8 Å². The summed E-state index contributed by atoms with van der Waals surface area (Å²) < 4.78 is 5.64. The van der Waals surface area contributed by atoms with Crippen LogP contribution in [0.1, 0.15) is 57.1 Å². The van der Waals surface area contributed by atoms with E-state index in [-0.39, 0.29) is 30.6 Å². The summed E-state index contributed by atoms with van der Waals surface area (Å²) in [5, 5.41) is 0. The van der Waals surface area contributed by atoms with Crippen LogP contribution in [0.2, 0.25) is 0 Å². The molecule has 0 spiro atoms. The third-order valence-corrected chi connectivity index (χ3v) is 5.47. The van der Waals surface area contributed by atoms with Gasteiger partial charge in [-0.2, -0.15) is 0 Å². The van der Waals surface area contributed by atoms with Gasteiger partial charge in [0.15, 0.2) is 5.89 Å². The van der Waals surface area contributed by atoms with E-state index in [1.54, 1.807) is 6.20 Å². The van der Waals surface area contributed by atoms with Gasteiger partial charge in [-0.3, -0.25) is 9.69 Å². The molecule has 23 heavy (non-hydrogen) atoms. The van der Waals surface area contributed by atoms with Gasteiger partial charge >= 0.3 is 6.03 Å². The Morgan fingerprint density at radius 3 is 2.96 bits per heavy atom. The summed E-state index contributed by atoms with van der Waals surface area (Å²) in [4.78, 5) is 32.9. The minimum atomic E-state index is -0.242. The first-order valence-electron chi connectivity index (χ1n) is 8.76. The highest BCUT2D eigenvalue weighted by molar-refractivity contribution is 6.04. The van der Waals surface area contributed by atoms with Crippen molar-refractivity contribution in [3.63, 3.8) is 0 Å². The van der Waals surface area contributed by atoms with Crippen molar-refractivity contribution in [2.75, 3.05) is 0 Å². The molecule has 6 nitrogen and oxygen atoms in total. The van der Waals surface area contributed by atoms with Crippen LogP contribution in [-0.2, 0) is 17.8 Å². The van der Waals surface area contributed by atoms with Crippen molar-refractivity contribution in [3.8, 4) is 0 Å². The molecule has 0 N–H and O–H groups in total. The van der Waals surface area contributed by atoms with Gasteiger partial charge in [-0.15, -0.1) is 0 Å². The van der Waals surface area contributed by atoms with Gasteiger partial charge in [-0.05, 0) is 31.6 Å². The van der Waals surface area contributed by atoms with Crippen LogP contribution >= 0.6 is 0 Å². The number of urea groups is 1. The zero-order chi connectivity index (χ0) is 16.0. The average molecular weight is 317 g/mol. The summed E-state index contributed by atoms with van der Waals surface area (Å²) in [6.07, 6.45) is 8.79. The molecule has 6 heteroatoms. The first-order valence-corrected chi connectivity index (χ1v) is 8.76. The SMILES string of the molecule is CCCc1ncc(CN2C(=O)C3CC4CCCCC4N3C2=O)o1. The zero-order valence-electron chi connectivity index (χ0n) is 13.5. The molecule has 0 radical (unpaired) electrons. The highest BCUT2D eigenvalue weighted by Gasteiger charge is 2.55. The maximum atomic E-state index is 12.8. The number of imide groups is 1. The van der Waals surface area contributed by atoms with Crippen molar-refractivity contribution in [2.45, 2.75) is 70.5 Å². The molecule has 2 saturated heterocycles. The summed E-state index contributed by atoms with van der Waals surface area (Å²) >= 11 is 0. The minimum Gasteiger partial charge on any atom is -0.444 e. The molecular formula is C17H23N3O3. The van der Waals surface area contributed by atoms with E-state index in [1.807, 2.05) is 4.90 Å². The van der Waals surface area contributed by atoms with Crippen molar-refractivity contribution >= 4 is 11.9 Å². The second kappa shape index (κ2) is 5.65. The second-order valence-electron chi connectivity index (χ2n) is 6.95. The van der Waals surface area contributed by atoms with Crippen molar-refractivity contribution in [1.29, 1.82) is 0 Å². The van der Waals surface area contributed by atoms with Crippen LogP contribution in [0, 0.1) is 5.92 Å². The third-order valence-electron chi connectivity index (χ3n) is 5.47. The van der Waals surface area contributed by atoms with Gasteiger partial charge in [0.1, 0.15) is 11.8 Å². The molecule has 1 aromatic heterocycles.